The van der Waals surface area contributed by atoms with Crippen LogP contribution in [-0.4, -0.2) is 16.5 Å². The summed E-state index contributed by atoms with van der Waals surface area (Å²) >= 11 is 3.02. The summed E-state index contributed by atoms with van der Waals surface area (Å²) in [7, 11) is 0. The lowest BCUT2D eigenvalue weighted by Crippen LogP contribution is -2.01. The van der Waals surface area contributed by atoms with Gasteiger partial charge in [-0.2, -0.15) is 0 Å². The molecule has 0 saturated carbocycles. The van der Waals surface area contributed by atoms with E-state index in [1.165, 1.54) is 6.07 Å². The van der Waals surface area contributed by atoms with Crippen molar-refractivity contribution in [3.05, 3.63) is 40.5 Å². The maximum atomic E-state index is 13.4. The minimum Gasteiger partial charge on any atom is -0.370 e. The molecule has 2 rings (SSSR count). The van der Waals surface area contributed by atoms with Crippen LogP contribution in [0.3, 0.4) is 0 Å². The van der Waals surface area contributed by atoms with Crippen LogP contribution in [0.25, 0.3) is 11.4 Å². The molecule has 0 aliphatic heterocycles. The molecule has 6 heteroatoms. The Morgan fingerprint density at radius 1 is 1.28 bits per heavy atom. The van der Waals surface area contributed by atoms with Crippen LogP contribution < -0.4 is 5.32 Å². The number of hydrogen-bond acceptors (Lipinski definition) is 3. The minimum absolute atomic E-state index is 0.0242. The summed E-state index contributed by atoms with van der Waals surface area (Å²) in [6, 6.07) is 4.20. The molecule has 1 N–H and O–H groups in total. The van der Waals surface area contributed by atoms with Crippen molar-refractivity contribution in [3.63, 3.8) is 0 Å². The Morgan fingerprint density at radius 2 is 2.06 bits per heavy atom. The third kappa shape index (κ3) is 2.48. The SMILES string of the molecule is CCNc1ccnc(-c2ccc(F)c(F)c2Br)n1. The van der Waals surface area contributed by atoms with Crippen LogP contribution in [0.1, 0.15) is 6.92 Å². The normalized spacial score (nSPS) is 10.4. The van der Waals surface area contributed by atoms with Gasteiger partial charge in [-0.25, -0.2) is 18.7 Å². The van der Waals surface area contributed by atoms with E-state index in [-0.39, 0.29) is 4.47 Å². The molecule has 0 radical (unpaired) electrons. The Morgan fingerprint density at radius 3 is 2.78 bits per heavy atom. The molecule has 0 saturated heterocycles. The zero-order valence-corrected chi connectivity index (χ0v) is 11.1. The summed E-state index contributed by atoms with van der Waals surface area (Å²) in [6.45, 7) is 2.66. The van der Waals surface area contributed by atoms with Crippen LogP contribution in [0.15, 0.2) is 28.9 Å². The second-order valence-corrected chi connectivity index (χ2v) is 4.31. The molecule has 1 aromatic heterocycles. The molecule has 0 amide bonds. The van der Waals surface area contributed by atoms with Gasteiger partial charge in [-0.05, 0) is 41.1 Å². The first-order valence-corrected chi connectivity index (χ1v) is 6.13. The van der Waals surface area contributed by atoms with Gasteiger partial charge in [0.1, 0.15) is 5.82 Å². The molecule has 1 aromatic carbocycles. The van der Waals surface area contributed by atoms with E-state index in [9.17, 15) is 8.78 Å². The second-order valence-electron chi connectivity index (χ2n) is 3.52. The van der Waals surface area contributed by atoms with Gasteiger partial charge < -0.3 is 5.32 Å². The zero-order valence-electron chi connectivity index (χ0n) is 9.54. The fraction of sp³-hybridized carbons (Fsp3) is 0.167. The highest BCUT2D eigenvalue weighted by molar-refractivity contribution is 9.10. The van der Waals surface area contributed by atoms with Crippen LogP contribution in [0.5, 0.6) is 0 Å². The van der Waals surface area contributed by atoms with E-state index in [2.05, 4.69) is 31.2 Å². The van der Waals surface area contributed by atoms with Gasteiger partial charge in [0.05, 0.1) is 4.47 Å². The lowest BCUT2D eigenvalue weighted by Gasteiger charge is -2.07. The number of aromatic nitrogens is 2. The zero-order chi connectivity index (χ0) is 13.1. The molecule has 0 atom stereocenters. The predicted octanol–water partition coefficient (Wildman–Crippen LogP) is 3.62. The average Bonchev–Trinajstić information content (AvgIpc) is 2.37. The fourth-order valence-electron chi connectivity index (χ4n) is 1.47. The first-order chi connectivity index (χ1) is 8.63. The van der Waals surface area contributed by atoms with Crippen LogP contribution in [0.4, 0.5) is 14.6 Å². The van der Waals surface area contributed by atoms with Gasteiger partial charge in [-0.15, -0.1) is 0 Å². The molecule has 0 aliphatic rings. The van der Waals surface area contributed by atoms with Crippen molar-refractivity contribution in [2.75, 3.05) is 11.9 Å². The fourth-order valence-corrected chi connectivity index (χ4v) is 1.97. The Balaban J connectivity index is 2.48. The molecule has 0 spiro atoms. The largest absolute Gasteiger partial charge is 0.370 e. The number of hydrogen-bond donors (Lipinski definition) is 1. The van der Waals surface area contributed by atoms with Crippen molar-refractivity contribution in [2.45, 2.75) is 6.92 Å². The molecule has 0 fully saturated rings. The predicted molar refractivity (Wildman–Crippen MR) is 69.2 cm³/mol. The summed E-state index contributed by atoms with van der Waals surface area (Å²) in [6.07, 6.45) is 1.56. The van der Waals surface area contributed by atoms with Crippen LogP contribution in [-0.2, 0) is 0 Å². The van der Waals surface area contributed by atoms with Gasteiger partial charge in [-0.3, -0.25) is 0 Å². The van der Waals surface area contributed by atoms with Gasteiger partial charge in [0.15, 0.2) is 17.5 Å². The number of nitrogens with one attached hydrogen (secondary N) is 1. The molecule has 0 unspecified atom stereocenters. The van der Waals surface area contributed by atoms with Crippen molar-refractivity contribution in [2.24, 2.45) is 0 Å². The topological polar surface area (TPSA) is 37.8 Å². The van der Waals surface area contributed by atoms with Gasteiger partial charge in [0.2, 0.25) is 0 Å². The Labute approximate surface area is 111 Å². The molecule has 3 nitrogen and oxygen atoms in total. The summed E-state index contributed by atoms with van der Waals surface area (Å²) in [5.41, 5.74) is 0.411. The number of rotatable bonds is 3. The molecular weight excluding hydrogens is 304 g/mol. The van der Waals surface area contributed by atoms with Gasteiger partial charge in [0.25, 0.3) is 0 Å². The number of nitrogens with zero attached hydrogens (tertiary/aromatic N) is 2. The van der Waals surface area contributed by atoms with E-state index < -0.39 is 11.6 Å². The smallest absolute Gasteiger partial charge is 0.173 e. The van der Waals surface area contributed by atoms with Gasteiger partial charge in [-0.1, -0.05) is 0 Å². The maximum absolute atomic E-state index is 13.4. The monoisotopic (exact) mass is 313 g/mol. The highest BCUT2D eigenvalue weighted by Crippen LogP contribution is 2.29. The summed E-state index contributed by atoms with van der Waals surface area (Å²) in [5.74, 6) is -0.878. The van der Waals surface area contributed by atoms with Crippen LogP contribution >= 0.6 is 15.9 Å². The molecule has 0 bridgehead atoms. The van der Waals surface area contributed by atoms with Crippen molar-refractivity contribution in [3.8, 4) is 11.4 Å². The van der Waals surface area contributed by atoms with Crippen molar-refractivity contribution in [1.82, 2.24) is 9.97 Å². The van der Waals surface area contributed by atoms with E-state index >= 15 is 0 Å². The molecule has 18 heavy (non-hydrogen) atoms. The maximum Gasteiger partial charge on any atom is 0.173 e. The lowest BCUT2D eigenvalue weighted by atomic mass is 10.2. The standard InChI is InChI=1S/C12H10BrF2N3/c1-2-16-9-5-6-17-12(18-9)7-3-4-8(14)11(15)10(7)13/h3-6H,2H2,1H3,(H,16,17,18). The van der Waals surface area contributed by atoms with E-state index in [1.54, 1.807) is 12.3 Å². The molecular formula is C12H10BrF2N3. The van der Waals surface area contributed by atoms with E-state index in [0.29, 0.717) is 17.2 Å². The number of benzene rings is 1. The lowest BCUT2D eigenvalue weighted by molar-refractivity contribution is 0.504. The van der Waals surface area contributed by atoms with Gasteiger partial charge >= 0.3 is 0 Å². The van der Waals surface area contributed by atoms with Crippen LogP contribution in [0.2, 0.25) is 0 Å². The summed E-state index contributed by atoms with van der Waals surface area (Å²) in [5, 5.41) is 3.03. The molecule has 0 aliphatic carbocycles. The average molecular weight is 314 g/mol. The van der Waals surface area contributed by atoms with Crippen molar-refractivity contribution >= 4 is 21.7 Å². The van der Waals surface area contributed by atoms with Gasteiger partial charge in [0, 0.05) is 18.3 Å². The Bertz CT molecular complexity index is 575. The first kappa shape index (κ1) is 12.9. The first-order valence-electron chi connectivity index (χ1n) is 5.34. The highest BCUT2D eigenvalue weighted by Gasteiger charge is 2.14. The van der Waals surface area contributed by atoms with Crippen LogP contribution in [0, 0.1) is 11.6 Å². The second kappa shape index (κ2) is 5.39. The summed E-state index contributed by atoms with van der Waals surface area (Å²) in [4.78, 5) is 8.28. The molecule has 94 valence electrons. The minimum atomic E-state index is -0.940. The highest BCUT2D eigenvalue weighted by atomic mass is 79.9. The molecule has 1 heterocycles. The third-order valence-electron chi connectivity index (χ3n) is 2.29. The summed E-state index contributed by atoms with van der Waals surface area (Å²) < 4.78 is 26.5. The van der Waals surface area contributed by atoms with E-state index in [0.717, 1.165) is 12.6 Å². The quantitative estimate of drug-likeness (QED) is 0.880. The molecule has 2 aromatic rings. The Hall–Kier alpha value is -1.56. The number of anilines is 1. The number of halogens is 3. The van der Waals surface area contributed by atoms with E-state index in [4.69, 9.17) is 0 Å². The Kier molecular flexibility index (Phi) is 3.86. The van der Waals surface area contributed by atoms with E-state index in [1.807, 2.05) is 6.92 Å². The van der Waals surface area contributed by atoms with Crippen molar-refractivity contribution < 1.29 is 8.78 Å². The third-order valence-corrected chi connectivity index (χ3v) is 3.06. The van der Waals surface area contributed by atoms with Crippen molar-refractivity contribution in [1.29, 1.82) is 0 Å².